The molecule has 0 N–H and O–H groups in total. The van der Waals surface area contributed by atoms with Gasteiger partial charge < -0.3 is 0 Å². The molecule has 0 aromatic heterocycles. The van der Waals surface area contributed by atoms with E-state index in [1.54, 1.807) is 6.08 Å². The summed E-state index contributed by atoms with van der Waals surface area (Å²) in [5, 5.41) is -0.227. The minimum Gasteiger partial charge on any atom is -0.268 e. The molecule has 0 saturated carbocycles. The maximum absolute atomic E-state index is 12.5. The molecular weight excluding hydrogens is 489 g/mol. The molecule has 6 heteroatoms. The van der Waals surface area contributed by atoms with Crippen molar-refractivity contribution in [2.45, 2.75) is 6.54 Å². The Bertz CT molecular complexity index is 804. The Morgan fingerprint density at radius 1 is 1.13 bits per heavy atom. The van der Waals surface area contributed by atoms with Crippen molar-refractivity contribution in [3.05, 3.63) is 72.6 Å². The molecule has 23 heavy (non-hydrogen) atoms. The molecule has 1 saturated heterocycles. The smallest absolute Gasteiger partial charge is 0.268 e. The molecule has 0 spiro atoms. The van der Waals surface area contributed by atoms with Crippen molar-refractivity contribution in [3.8, 4) is 0 Å². The number of carbonyl (C=O) groups excluding carboxylic acids is 2. The minimum atomic E-state index is -0.237. The molecule has 116 valence electrons. The number of halogens is 2. The third-order valence-electron chi connectivity index (χ3n) is 3.27. The van der Waals surface area contributed by atoms with Crippen molar-refractivity contribution in [1.29, 1.82) is 0 Å². The molecule has 1 aliphatic heterocycles. The highest BCUT2D eigenvalue weighted by Crippen LogP contribution is 2.33. The van der Waals surface area contributed by atoms with Gasteiger partial charge in [-0.3, -0.25) is 14.5 Å². The van der Waals surface area contributed by atoms with Crippen LogP contribution in [0.4, 0.5) is 4.79 Å². The first-order valence-corrected chi connectivity index (χ1v) is 9.47. The van der Waals surface area contributed by atoms with Gasteiger partial charge in [0.1, 0.15) is 0 Å². The summed E-state index contributed by atoms with van der Waals surface area (Å²) in [4.78, 5) is 26.4. The van der Waals surface area contributed by atoms with Crippen molar-refractivity contribution in [3.63, 3.8) is 0 Å². The van der Waals surface area contributed by atoms with Crippen molar-refractivity contribution in [2.24, 2.45) is 0 Å². The van der Waals surface area contributed by atoms with Gasteiger partial charge in [-0.1, -0.05) is 40.2 Å². The highest BCUT2D eigenvalue weighted by molar-refractivity contribution is 14.1. The largest absolute Gasteiger partial charge is 0.293 e. The topological polar surface area (TPSA) is 37.4 Å². The van der Waals surface area contributed by atoms with E-state index in [0.29, 0.717) is 11.4 Å². The summed E-state index contributed by atoms with van der Waals surface area (Å²) in [6, 6.07) is 15.4. The summed E-state index contributed by atoms with van der Waals surface area (Å²) in [5.41, 5.74) is 1.83. The van der Waals surface area contributed by atoms with Crippen LogP contribution in [-0.4, -0.2) is 16.0 Å². The monoisotopic (exact) mass is 499 g/mol. The summed E-state index contributed by atoms with van der Waals surface area (Å²) in [5.74, 6) is -0.237. The van der Waals surface area contributed by atoms with E-state index < -0.39 is 0 Å². The van der Waals surface area contributed by atoms with Crippen LogP contribution in [-0.2, 0) is 11.3 Å². The summed E-state index contributed by atoms with van der Waals surface area (Å²) in [7, 11) is 0. The second kappa shape index (κ2) is 7.19. The van der Waals surface area contributed by atoms with Crippen LogP contribution in [0.5, 0.6) is 0 Å². The second-order valence-corrected chi connectivity index (χ2v) is 8.10. The van der Waals surface area contributed by atoms with Gasteiger partial charge in [0.15, 0.2) is 0 Å². The van der Waals surface area contributed by atoms with Crippen LogP contribution in [0.2, 0.25) is 0 Å². The third kappa shape index (κ3) is 4.05. The van der Waals surface area contributed by atoms with E-state index in [1.165, 1.54) is 4.90 Å². The Hall–Kier alpha value is -1.12. The van der Waals surface area contributed by atoms with Crippen molar-refractivity contribution < 1.29 is 9.59 Å². The molecule has 2 aromatic rings. The molecule has 0 aliphatic carbocycles. The van der Waals surface area contributed by atoms with Crippen LogP contribution in [0.3, 0.4) is 0 Å². The number of amides is 2. The average molecular weight is 500 g/mol. The lowest BCUT2D eigenvalue weighted by Gasteiger charge is -2.12. The van der Waals surface area contributed by atoms with Gasteiger partial charge in [0.05, 0.1) is 11.4 Å². The Morgan fingerprint density at radius 3 is 2.57 bits per heavy atom. The summed E-state index contributed by atoms with van der Waals surface area (Å²) >= 11 is 6.61. The number of nitrogens with zero attached hydrogens (tertiary/aromatic N) is 1. The number of hydrogen-bond donors (Lipinski definition) is 0. The standard InChI is InChI=1S/C17H11BrINO2S/c18-13-3-1-2-12(8-13)9-15-16(21)20(17(22)23-15)10-11-4-6-14(19)7-5-11/h1-9H,10H2/b15-9-. The lowest BCUT2D eigenvalue weighted by Crippen LogP contribution is -2.27. The van der Waals surface area contributed by atoms with Gasteiger partial charge in [-0.25, -0.2) is 0 Å². The maximum atomic E-state index is 12.5. The van der Waals surface area contributed by atoms with Crippen molar-refractivity contribution in [2.75, 3.05) is 0 Å². The van der Waals surface area contributed by atoms with Gasteiger partial charge in [-0.15, -0.1) is 0 Å². The fourth-order valence-corrected chi connectivity index (χ4v) is 3.77. The van der Waals surface area contributed by atoms with Crippen LogP contribution < -0.4 is 0 Å². The Morgan fingerprint density at radius 2 is 1.87 bits per heavy atom. The summed E-state index contributed by atoms with van der Waals surface area (Å²) in [6.07, 6.45) is 1.75. The molecule has 0 atom stereocenters. The van der Waals surface area contributed by atoms with Gasteiger partial charge in [-0.2, -0.15) is 0 Å². The highest BCUT2D eigenvalue weighted by atomic mass is 127. The van der Waals surface area contributed by atoms with Gasteiger partial charge in [0, 0.05) is 8.04 Å². The van der Waals surface area contributed by atoms with Crippen LogP contribution >= 0.6 is 50.3 Å². The maximum Gasteiger partial charge on any atom is 0.293 e. The number of benzene rings is 2. The molecule has 0 unspecified atom stereocenters. The number of hydrogen-bond acceptors (Lipinski definition) is 3. The first-order valence-electron chi connectivity index (χ1n) is 6.78. The molecule has 0 radical (unpaired) electrons. The molecule has 1 heterocycles. The minimum absolute atomic E-state index is 0.227. The molecule has 2 aromatic carbocycles. The number of carbonyl (C=O) groups is 2. The Balaban J connectivity index is 1.81. The average Bonchev–Trinajstić information content (AvgIpc) is 2.77. The van der Waals surface area contributed by atoms with E-state index in [2.05, 4.69) is 38.5 Å². The molecule has 1 aliphatic rings. The zero-order chi connectivity index (χ0) is 16.4. The lowest BCUT2D eigenvalue weighted by molar-refractivity contribution is -0.123. The van der Waals surface area contributed by atoms with Gasteiger partial charge >= 0.3 is 0 Å². The Kier molecular flexibility index (Phi) is 5.23. The normalized spacial score (nSPS) is 16.4. The predicted molar refractivity (Wildman–Crippen MR) is 105 cm³/mol. The Labute approximate surface area is 160 Å². The fourth-order valence-electron chi connectivity index (χ4n) is 2.16. The summed E-state index contributed by atoms with van der Waals surface area (Å²) in [6.45, 7) is 0.303. The van der Waals surface area contributed by atoms with Crippen molar-refractivity contribution in [1.82, 2.24) is 4.90 Å². The fraction of sp³-hybridized carbons (Fsp3) is 0.0588. The van der Waals surface area contributed by atoms with Gasteiger partial charge in [0.25, 0.3) is 11.1 Å². The van der Waals surface area contributed by atoms with Crippen LogP contribution in [0.25, 0.3) is 6.08 Å². The molecule has 3 nitrogen and oxygen atoms in total. The van der Waals surface area contributed by atoms with Crippen LogP contribution in [0.1, 0.15) is 11.1 Å². The van der Waals surface area contributed by atoms with Crippen LogP contribution in [0.15, 0.2) is 57.9 Å². The van der Waals surface area contributed by atoms with E-state index in [4.69, 9.17) is 0 Å². The van der Waals surface area contributed by atoms with E-state index in [9.17, 15) is 9.59 Å². The van der Waals surface area contributed by atoms with Gasteiger partial charge in [-0.05, 0) is 75.8 Å². The van der Waals surface area contributed by atoms with Crippen molar-refractivity contribution >= 4 is 67.5 Å². The number of imide groups is 1. The first-order chi connectivity index (χ1) is 11.0. The molecule has 2 amide bonds. The number of thioether (sulfide) groups is 1. The van der Waals surface area contributed by atoms with E-state index in [-0.39, 0.29) is 11.1 Å². The van der Waals surface area contributed by atoms with E-state index in [1.807, 2.05) is 48.5 Å². The quantitative estimate of drug-likeness (QED) is 0.425. The zero-order valence-electron chi connectivity index (χ0n) is 11.8. The predicted octanol–water partition coefficient (Wildman–Crippen LogP) is 5.29. The highest BCUT2D eigenvalue weighted by Gasteiger charge is 2.34. The lowest BCUT2D eigenvalue weighted by atomic mass is 10.2. The first kappa shape index (κ1) is 16.7. The third-order valence-corrected chi connectivity index (χ3v) is 5.39. The number of rotatable bonds is 3. The van der Waals surface area contributed by atoms with Gasteiger partial charge in [0.2, 0.25) is 0 Å². The summed E-state index contributed by atoms with van der Waals surface area (Å²) < 4.78 is 2.06. The zero-order valence-corrected chi connectivity index (χ0v) is 16.4. The van der Waals surface area contributed by atoms with E-state index >= 15 is 0 Å². The molecule has 3 rings (SSSR count). The second-order valence-electron chi connectivity index (χ2n) is 4.95. The van der Waals surface area contributed by atoms with E-state index in [0.717, 1.165) is 30.9 Å². The molecular formula is C17H11BrINO2S. The van der Waals surface area contributed by atoms with Crippen LogP contribution in [0, 0.1) is 3.57 Å². The SMILES string of the molecule is O=C1S/C(=C\c2cccc(Br)c2)C(=O)N1Cc1ccc(I)cc1. The molecule has 1 fully saturated rings. The molecule has 0 bridgehead atoms.